The van der Waals surface area contributed by atoms with Crippen LogP contribution in [0.5, 0.6) is 0 Å². The first-order chi connectivity index (χ1) is 8.62. The van der Waals surface area contributed by atoms with Crippen LogP contribution < -0.4 is 0 Å². The highest BCUT2D eigenvalue weighted by molar-refractivity contribution is 6.05. The van der Waals surface area contributed by atoms with Crippen LogP contribution in [0.4, 0.5) is 0 Å². The number of carbonyl (C=O) groups is 2. The Morgan fingerprint density at radius 3 is 2.78 bits per heavy atom. The summed E-state index contributed by atoms with van der Waals surface area (Å²) in [6.45, 7) is 1.59. The van der Waals surface area contributed by atoms with Gasteiger partial charge in [0.25, 0.3) is 0 Å². The second kappa shape index (κ2) is 3.91. The summed E-state index contributed by atoms with van der Waals surface area (Å²) < 4.78 is 0. The molecule has 2 aliphatic rings. The number of ketones is 2. The van der Waals surface area contributed by atoms with Gasteiger partial charge in [0.1, 0.15) is 0 Å². The Morgan fingerprint density at radius 2 is 2.06 bits per heavy atom. The molecule has 1 spiro atoms. The lowest BCUT2D eigenvalue weighted by molar-refractivity contribution is -0.113. The summed E-state index contributed by atoms with van der Waals surface area (Å²) in [7, 11) is 0. The third-order valence-corrected chi connectivity index (χ3v) is 4.34. The number of Topliss-reactive ketones (excluding diaryl/α,β-unsaturated/α-hetero) is 2. The number of carbonyl (C=O) groups excluding carboxylic acids is 2. The molecule has 0 bridgehead atoms. The maximum absolute atomic E-state index is 12.7. The van der Waals surface area contributed by atoms with E-state index in [1.165, 1.54) is 0 Å². The highest BCUT2D eigenvalue weighted by Gasteiger charge is 2.45. The van der Waals surface area contributed by atoms with Gasteiger partial charge < -0.3 is 0 Å². The van der Waals surface area contributed by atoms with Gasteiger partial charge in [0.15, 0.2) is 11.6 Å². The molecule has 0 radical (unpaired) electrons. The minimum Gasteiger partial charge on any atom is -0.295 e. The minimum absolute atomic E-state index is 0.110. The molecule has 0 heterocycles. The fraction of sp³-hybridized carbons (Fsp3) is 0.375. The van der Waals surface area contributed by atoms with E-state index in [4.69, 9.17) is 0 Å². The third kappa shape index (κ3) is 1.56. The molecule has 0 N–H and O–H groups in total. The molecule has 2 heteroatoms. The zero-order valence-electron chi connectivity index (χ0n) is 10.5. The van der Waals surface area contributed by atoms with E-state index in [2.05, 4.69) is 0 Å². The molecular weight excluding hydrogens is 224 g/mol. The first kappa shape index (κ1) is 11.4. The van der Waals surface area contributed by atoms with Crippen LogP contribution in [0.15, 0.2) is 35.9 Å². The Bertz CT molecular complexity index is 568. The van der Waals surface area contributed by atoms with Gasteiger partial charge in [-0.1, -0.05) is 30.3 Å². The van der Waals surface area contributed by atoms with Crippen LogP contribution in [0.1, 0.15) is 42.1 Å². The minimum atomic E-state index is -0.324. The van der Waals surface area contributed by atoms with Crippen molar-refractivity contribution in [3.63, 3.8) is 0 Å². The van der Waals surface area contributed by atoms with Crippen LogP contribution >= 0.6 is 0 Å². The van der Waals surface area contributed by atoms with E-state index in [1.54, 1.807) is 6.92 Å². The molecule has 1 aromatic carbocycles. The highest BCUT2D eigenvalue weighted by Crippen LogP contribution is 2.47. The standard InChI is InChI=1S/C16H16O2/c1-11(17)13-7-9-16(10-13)8-6-12-4-2-3-5-14(12)15(16)18/h2-5,7H,6,8-10H2,1H3/t16-/m0/s1. The molecule has 2 nitrogen and oxygen atoms in total. The average molecular weight is 240 g/mol. The van der Waals surface area contributed by atoms with Crippen molar-refractivity contribution in [2.75, 3.05) is 0 Å². The smallest absolute Gasteiger partial charge is 0.169 e. The van der Waals surface area contributed by atoms with Crippen LogP contribution in [0.3, 0.4) is 0 Å². The molecule has 0 aliphatic heterocycles. The van der Waals surface area contributed by atoms with Crippen molar-refractivity contribution in [1.29, 1.82) is 0 Å². The summed E-state index contributed by atoms with van der Waals surface area (Å²) in [6, 6.07) is 7.86. The van der Waals surface area contributed by atoms with E-state index in [0.717, 1.165) is 36.0 Å². The average Bonchev–Trinajstić information content (AvgIpc) is 2.80. The lowest BCUT2D eigenvalue weighted by Gasteiger charge is -2.33. The monoisotopic (exact) mass is 240 g/mol. The van der Waals surface area contributed by atoms with Crippen molar-refractivity contribution < 1.29 is 9.59 Å². The van der Waals surface area contributed by atoms with Crippen molar-refractivity contribution in [2.24, 2.45) is 5.41 Å². The van der Waals surface area contributed by atoms with E-state index in [-0.39, 0.29) is 17.0 Å². The predicted molar refractivity (Wildman–Crippen MR) is 69.5 cm³/mol. The Morgan fingerprint density at radius 1 is 1.28 bits per heavy atom. The summed E-state index contributed by atoms with van der Waals surface area (Å²) in [5.41, 5.74) is 2.53. The van der Waals surface area contributed by atoms with Gasteiger partial charge in [-0.15, -0.1) is 0 Å². The maximum atomic E-state index is 12.7. The number of hydrogen-bond acceptors (Lipinski definition) is 2. The van der Waals surface area contributed by atoms with E-state index in [9.17, 15) is 9.59 Å². The van der Waals surface area contributed by atoms with Gasteiger partial charge in [-0.05, 0) is 43.7 Å². The lowest BCUT2D eigenvalue weighted by atomic mass is 9.68. The summed E-state index contributed by atoms with van der Waals surface area (Å²) in [4.78, 5) is 24.1. The van der Waals surface area contributed by atoms with E-state index >= 15 is 0 Å². The summed E-state index contributed by atoms with van der Waals surface area (Å²) >= 11 is 0. The summed E-state index contributed by atoms with van der Waals surface area (Å²) in [5.74, 6) is 0.343. The van der Waals surface area contributed by atoms with E-state index < -0.39 is 0 Å². The molecule has 0 saturated heterocycles. The first-order valence-electron chi connectivity index (χ1n) is 6.45. The molecular formula is C16H16O2. The number of aryl methyl sites for hydroxylation is 1. The molecule has 3 rings (SSSR count). The lowest BCUT2D eigenvalue weighted by Crippen LogP contribution is -2.34. The van der Waals surface area contributed by atoms with Crippen molar-refractivity contribution >= 4 is 11.6 Å². The van der Waals surface area contributed by atoms with Gasteiger partial charge in [-0.3, -0.25) is 9.59 Å². The molecule has 0 amide bonds. The zero-order valence-corrected chi connectivity index (χ0v) is 10.5. The Kier molecular flexibility index (Phi) is 2.47. The normalized spacial score (nSPS) is 26.1. The van der Waals surface area contributed by atoms with Crippen LogP contribution in [0.25, 0.3) is 0 Å². The molecule has 18 heavy (non-hydrogen) atoms. The summed E-state index contributed by atoms with van der Waals surface area (Å²) in [6.07, 6.45) is 5.15. The van der Waals surface area contributed by atoms with Crippen molar-refractivity contribution in [1.82, 2.24) is 0 Å². The van der Waals surface area contributed by atoms with Gasteiger partial charge in [-0.2, -0.15) is 0 Å². The van der Waals surface area contributed by atoms with Gasteiger partial charge >= 0.3 is 0 Å². The van der Waals surface area contributed by atoms with Gasteiger partial charge in [0.05, 0.1) is 0 Å². The predicted octanol–water partition coefficient (Wildman–Crippen LogP) is 3.11. The Labute approximate surface area is 107 Å². The van der Waals surface area contributed by atoms with Crippen LogP contribution in [0.2, 0.25) is 0 Å². The molecule has 0 fully saturated rings. The number of allylic oxidation sites excluding steroid dienone is 2. The van der Waals surface area contributed by atoms with E-state index in [0.29, 0.717) is 6.42 Å². The SMILES string of the molecule is CC(=O)C1=CC[C@@]2(CCc3ccccc3C2=O)C1. The largest absolute Gasteiger partial charge is 0.295 e. The topological polar surface area (TPSA) is 34.1 Å². The first-order valence-corrected chi connectivity index (χ1v) is 6.45. The number of fused-ring (bicyclic) bond motifs is 1. The second-order valence-corrected chi connectivity index (χ2v) is 5.43. The molecule has 1 atom stereocenters. The molecule has 2 aliphatic carbocycles. The fourth-order valence-electron chi connectivity index (χ4n) is 3.19. The summed E-state index contributed by atoms with van der Waals surface area (Å²) in [5, 5.41) is 0. The molecule has 0 saturated carbocycles. The molecule has 1 aromatic rings. The van der Waals surface area contributed by atoms with Gasteiger partial charge in [0.2, 0.25) is 0 Å². The molecule has 92 valence electrons. The van der Waals surface area contributed by atoms with Crippen LogP contribution in [0, 0.1) is 5.41 Å². The second-order valence-electron chi connectivity index (χ2n) is 5.43. The van der Waals surface area contributed by atoms with Gasteiger partial charge in [-0.25, -0.2) is 0 Å². The number of rotatable bonds is 1. The highest BCUT2D eigenvalue weighted by atomic mass is 16.1. The van der Waals surface area contributed by atoms with Crippen LogP contribution in [-0.2, 0) is 11.2 Å². The fourth-order valence-corrected chi connectivity index (χ4v) is 3.19. The quantitative estimate of drug-likeness (QED) is 0.755. The van der Waals surface area contributed by atoms with Gasteiger partial charge in [0, 0.05) is 11.0 Å². The van der Waals surface area contributed by atoms with Crippen molar-refractivity contribution in [3.8, 4) is 0 Å². The number of benzene rings is 1. The maximum Gasteiger partial charge on any atom is 0.169 e. The van der Waals surface area contributed by atoms with Crippen molar-refractivity contribution in [2.45, 2.75) is 32.6 Å². The third-order valence-electron chi connectivity index (χ3n) is 4.34. The Balaban J connectivity index is 1.95. The Hall–Kier alpha value is -1.70. The number of hydrogen-bond donors (Lipinski definition) is 0. The molecule has 0 aromatic heterocycles. The van der Waals surface area contributed by atoms with Crippen LogP contribution in [-0.4, -0.2) is 11.6 Å². The van der Waals surface area contributed by atoms with E-state index in [1.807, 2.05) is 30.3 Å². The zero-order chi connectivity index (χ0) is 12.8. The molecule has 0 unspecified atom stereocenters. The van der Waals surface area contributed by atoms with Crippen molar-refractivity contribution in [3.05, 3.63) is 47.0 Å².